The molecule has 0 fully saturated rings. The number of hydrogen-bond acceptors (Lipinski definition) is 3. The highest BCUT2D eigenvalue weighted by Crippen LogP contribution is 2.15. The van der Waals surface area contributed by atoms with Gasteiger partial charge in [-0.3, -0.25) is 0 Å². The molecule has 3 nitrogen and oxygen atoms in total. The fourth-order valence-electron chi connectivity index (χ4n) is 4.53. The maximum atomic E-state index is 10.9. The van der Waals surface area contributed by atoms with Crippen molar-refractivity contribution in [2.75, 3.05) is 19.8 Å². The molecule has 0 aromatic rings. The van der Waals surface area contributed by atoms with Crippen LogP contribution in [0, 0.1) is 0 Å². The van der Waals surface area contributed by atoms with Gasteiger partial charge >= 0.3 is 5.97 Å². The smallest absolute Gasteiger partial charge is 0.330 e. The number of carbonyl (C=O) groups is 1. The van der Waals surface area contributed by atoms with E-state index in [1.165, 1.54) is 154 Å². The number of rotatable bonds is 29. The molecule has 0 aromatic heterocycles. The molecular weight excluding hydrogens is 420 g/mol. The molecule has 0 N–H and O–H groups in total. The van der Waals surface area contributed by atoms with E-state index in [4.69, 9.17) is 9.47 Å². The summed E-state index contributed by atoms with van der Waals surface area (Å²) in [6.07, 6.45) is 35.1. The largest absolute Gasteiger partial charge is 0.460 e. The van der Waals surface area contributed by atoms with Crippen molar-refractivity contribution in [2.45, 2.75) is 161 Å². The van der Waals surface area contributed by atoms with Gasteiger partial charge in [-0.2, -0.15) is 0 Å². The standard InChI is InChI=1S/C31H60O3/c1-3-5-6-7-8-9-10-11-12-13-14-15-16-17-18-19-20-21-22-23-24-25-26-27-28-33-29-30-34-31(32)4-2/h4H,2-3,5-30H2,1H3. The van der Waals surface area contributed by atoms with Gasteiger partial charge in [-0.15, -0.1) is 0 Å². The quantitative estimate of drug-likeness (QED) is 0.0606. The van der Waals surface area contributed by atoms with Gasteiger partial charge < -0.3 is 9.47 Å². The van der Waals surface area contributed by atoms with Crippen LogP contribution in [0.15, 0.2) is 12.7 Å². The zero-order valence-electron chi connectivity index (χ0n) is 23.1. The van der Waals surface area contributed by atoms with Crippen LogP contribution in [-0.2, 0) is 14.3 Å². The van der Waals surface area contributed by atoms with Crippen LogP contribution in [0.5, 0.6) is 0 Å². The molecule has 0 atom stereocenters. The number of carbonyl (C=O) groups excluding carboxylic acids is 1. The van der Waals surface area contributed by atoms with Crippen LogP contribution < -0.4 is 0 Å². The predicted molar refractivity (Wildman–Crippen MR) is 148 cm³/mol. The summed E-state index contributed by atoms with van der Waals surface area (Å²) in [4.78, 5) is 10.9. The lowest BCUT2D eigenvalue weighted by Crippen LogP contribution is -2.08. The summed E-state index contributed by atoms with van der Waals surface area (Å²) in [5.74, 6) is -0.376. The fraction of sp³-hybridized carbons (Fsp3) is 0.903. The Kier molecular flexibility index (Phi) is 29.5. The number of hydrogen-bond donors (Lipinski definition) is 0. The second-order valence-corrected chi connectivity index (χ2v) is 10.1. The summed E-state index contributed by atoms with van der Waals surface area (Å²) in [6, 6.07) is 0. The van der Waals surface area contributed by atoms with E-state index in [-0.39, 0.29) is 5.97 Å². The Labute approximate surface area is 213 Å². The number of esters is 1. The van der Waals surface area contributed by atoms with E-state index in [1.807, 2.05) is 0 Å². The van der Waals surface area contributed by atoms with Crippen LogP contribution in [-0.4, -0.2) is 25.8 Å². The van der Waals surface area contributed by atoms with Crippen LogP contribution in [0.3, 0.4) is 0 Å². The summed E-state index contributed by atoms with van der Waals surface area (Å²) in [7, 11) is 0. The Bertz CT molecular complexity index is 407. The summed E-state index contributed by atoms with van der Waals surface area (Å²) in [6.45, 7) is 7.24. The van der Waals surface area contributed by atoms with Crippen molar-refractivity contribution in [1.29, 1.82) is 0 Å². The van der Waals surface area contributed by atoms with Crippen LogP contribution in [0.25, 0.3) is 0 Å². The van der Waals surface area contributed by atoms with Gasteiger partial charge in [0, 0.05) is 12.7 Å². The molecular formula is C31H60O3. The average molecular weight is 481 g/mol. The zero-order valence-corrected chi connectivity index (χ0v) is 23.1. The maximum Gasteiger partial charge on any atom is 0.330 e. The number of unbranched alkanes of at least 4 members (excludes halogenated alkanes) is 23. The van der Waals surface area contributed by atoms with Crippen molar-refractivity contribution in [1.82, 2.24) is 0 Å². The van der Waals surface area contributed by atoms with Crippen molar-refractivity contribution in [3.8, 4) is 0 Å². The van der Waals surface area contributed by atoms with Gasteiger partial charge in [0.15, 0.2) is 0 Å². The molecule has 0 rings (SSSR count). The van der Waals surface area contributed by atoms with E-state index in [1.54, 1.807) is 0 Å². The molecule has 34 heavy (non-hydrogen) atoms. The second-order valence-electron chi connectivity index (χ2n) is 10.1. The Morgan fingerprint density at radius 1 is 0.500 bits per heavy atom. The first-order valence-electron chi connectivity index (χ1n) is 15.2. The lowest BCUT2D eigenvalue weighted by atomic mass is 10.0. The zero-order chi connectivity index (χ0) is 24.8. The SMILES string of the molecule is C=CC(=O)OCCOCCCCCCCCCCCCCCCCCCCCCCCCCC. The third kappa shape index (κ3) is 29.2. The lowest BCUT2D eigenvalue weighted by molar-refractivity contribution is -0.139. The highest BCUT2D eigenvalue weighted by Gasteiger charge is 1.97. The summed E-state index contributed by atoms with van der Waals surface area (Å²) in [5, 5.41) is 0. The molecule has 0 bridgehead atoms. The molecule has 0 saturated carbocycles. The predicted octanol–water partition coefficient (Wildman–Crippen LogP) is 10.1. The van der Waals surface area contributed by atoms with Crippen LogP contribution in [0.4, 0.5) is 0 Å². The van der Waals surface area contributed by atoms with Gasteiger partial charge in [0.2, 0.25) is 0 Å². The molecule has 0 aliphatic heterocycles. The van der Waals surface area contributed by atoms with Crippen LogP contribution >= 0.6 is 0 Å². The normalized spacial score (nSPS) is 11.1. The number of ether oxygens (including phenoxy) is 2. The van der Waals surface area contributed by atoms with E-state index >= 15 is 0 Å². The summed E-state index contributed by atoms with van der Waals surface area (Å²) < 4.78 is 10.3. The monoisotopic (exact) mass is 480 g/mol. The van der Waals surface area contributed by atoms with Crippen molar-refractivity contribution < 1.29 is 14.3 Å². The van der Waals surface area contributed by atoms with E-state index in [0.717, 1.165) is 13.0 Å². The van der Waals surface area contributed by atoms with Crippen LogP contribution in [0.2, 0.25) is 0 Å². The molecule has 0 heterocycles. The van der Waals surface area contributed by atoms with Crippen LogP contribution in [0.1, 0.15) is 161 Å². The molecule has 0 unspecified atom stereocenters. The first-order valence-corrected chi connectivity index (χ1v) is 15.2. The molecule has 0 aromatic carbocycles. The fourth-order valence-corrected chi connectivity index (χ4v) is 4.53. The maximum absolute atomic E-state index is 10.9. The Morgan fingerprint density at radius 2 is 0.824 bits per heavy atom. The molecule has 3 heteroatoms. The topological polar surface area (TPSA) is 35.5 Å². The van der Waals surface area contributed by atoms with E-state index < -0.39 is 0 Å². The Balaban J connectivity index is 3.03. The minimum atomic E-state index is -0.376. The Morgan fingerprint density at radius 3 is 1.15 bits per heavy atom. The first kappa shape index (κ1) is 33.2. The molecule has 0 aliphatic rings. The third-order valence-electron chi connectivity index (χ3n) is 6.78. The molecule has 0 saturated heterocycles. The van der Waals surface area contributed by atoms with Gasteiger partial charge in [0.1, 0.15) is 6.61 Å². The van der Waals surface area contributed by atoms with Crippen molar-refractivity contribution in [2.24, 2.45) is 0 Å². The average Bonchev–Trinajstić information content (AvgIpc) is 2.85. The van der Waals surface area contributed by atoms with Crippen molar-refractivity contribution >= 4 is 5.97 Å². The molecule has 0 aliphatic carbocycles. The van der Waals surface area contributed by atoms with E-state index in [0.29, 0.717) is 13.2 Å². The first-order chi connectivity index (χ1) is 16.8. The Hall–Kier alpha value is -0.830. The molecule has 0 amide bonds. The third-order valence-corrected chi connectivity index (χ3v) is 6.78. The van der Waals surface area contributed by atoms with Gasteiger partial charge in [0.25, 0.3) is 0 Å². The van der Waals surface area contributed by atoms with Gasteiger partial charge in [0.05, 0.1) is 6.61 Å². The minimum Gasteiger partial charge on any atom is -0.460 e. The van der Waals surface area contributed by atoms with Gasteiger partial charge in [-0.1, -0.05) is 161 Å². The lowest BCUT2D eigenvalue weighted by Gasteiger charge is -2.05. The summed E-state index contributed by atoms with van der Waals surface area (Å²) >= 11 is 0. The van der Waals surface area contributed by atoms with E-state index in [9.17, 15) is 4.79 Å². The molecule has 202 valence electrons. The molecule has 0 radical (unpaired) electrons. The van der Waals surface area contributed by atoms with Gasteiger partial charge in [-0.05, 0) is 6.42 Å². The highest BCUT2D eigenvalue weighted by atomic mass is 16.6. The summed E-state index contributed by atoms with van der Waals surface area (Å²) in [5.41, 5.74) is 0. The second kappa shape index (κ2) is 30.2. The highest BCUT2D eigenvalue weighted by molar-refractivity contribution is 5.81. The molecule has 0 spiro atoms. The minimum absolute atomic E-state index is 0.324. The van der Waals surface area contributed by atoms with Crippen molar-refractivity contribution in [3.05, 3.63) is 12.7 Å². The van der Waals surface area contributed by atoms with E-state index in [2.05, 4.69) is 13.5 Å². The van der Waals surface area contributed by atoms with Crippen molar-refractivity contribution in [3.63, 3.8) is 0 Å². The van der Waals surface area contributed by atoms with Gasteiger partial charge in [-0.25, -0.2) is 4.79 Å².